The smallest absolute Gasteiger partial charge is 0.335 e. The van der Waals surface area contributed by atoms with Crippen LogP contribution in [-0.4, -0.2) is 21.0 Å². The van der Waals surface area contributed by atoms with Gasteiger partial charge >= 0.3 is 5.97 Å². The van der Waals surface area contributed by atoms with E-state index in [1.807, 2.05) is 0 Å². The normalized spacial score (nSPS) is 10.8. The number of imidazole rings is 1. The number of nitrogens with zero attached hydrogens (tertiary/aromatic N) is 1. The molecule has 3 rings (SSSR count). The number of rotatable bonds is 2. The molecule has 0 aliphatic rings. The number of nitrogens with one attached hydrogen (secondary N) is 1. The third kappa shape index (κ3) is 1.95. The number of halogens is 1. The fourth-order valence-electron chi connectivity index (χ4n) is 1.92. The summed E-state index contributed by atoms with van der Waals surface area (Å²) in [5, 5.41) is 8.92. The lowest BCUT2D eigenvalue weighted by atomic mass is 10.2. The average Bonchev–Trinajstić information content (AvgIpc) is 2.81. The van der Waals surface area contributed by atoms with Gasteiger partial charge in [0, 0.05) is 0 Å². The third-order valence-electron chi connectivity index (χ3n) is 2.86. The van der Waals surface area contributed by atoms with Crippen LogP contribution in [0.2, 0.25) is 0 Å². The predicted octanol–water partition coefficient (Wildman–Crippen LogP) is 3.07. The van der Waals surface area contributed by atoms with E-state index in [0.29, 0.717) is 22.4 Å². The highest BCUT2D eigenvalue weighted by Gasteiger charge is 2.11. The molecule has 4 nitrogen and oxygen atoms in total. The summed E-state index contributed by atoms with van der Waals surface area (Å²) in [6.45, 7) is 0. The number of carboxylic acids is 1. The molecule has 2 N–H and O–H groups in total. The number of fused-ring (bicyclic) bond motifs is 1. The molecule has 3 aromatic rings. The van der Waals surface area contributed by atoms with Gasteiger partial charge in [-0.05, 0) is 30.3 Å². The second-order valence-electron chi connectivity index (χ2n) is 4.10. The molecule has 0 spiro atoms. The van der Waals surface area contributed by atoms with Crippen LogP contribution in [0.1, 0.15) is 10.4 Å². The summed E-state index contributed by atoms with van der Waals surface area (Å²) in [6.07, 6.45) is 0. The number of aromatic nitrogens is 2. The minimum atomic E-state index is -1.01. The van der Waals surface area contributed by atoms with E-state index in [4.69, 9.17) is 5.11 Å². The van der Waals surface area contributed by atoms with Crippen molar-refractivity contribution in [2.45, 2.75) is 0 Å². The van der Waals surface area contributed by atoms with Crippen LogP contribution < -0.4 is 0 Å². The van der Waals surface area contributed by atoms with Gasteiger partial charge in [-0.15, -0.1) is 0 Å². The summed E-state index contributed by atoms with van der Waals surface area (Å²) in [4.78, 5) is 18.1. The van der Waals surface area contributed by atoms with Crippen molar-refractivity contribution in [1.29, 1.82) is 0 Å². The number of H-pyrrole nitrogens is 1. The number of carboxylic acid groups (broad SMARTS) is 1. The lowest BCUT2D eigenvalue weighted by molar-refractivity contribution is 0.0697. The Balaban J connectivity index is 2.17. The molecule has 0 saturated heterocycles. The Morgan fingerprint density at radius 3 is 2.74 bits per heavy atom. The van der Waals surface area contributed by atoms with Gasteiger partial charge < -0.3 is 10.1 Å². The molecule has 0 aliphatic heterocycles. The van der Waals surface area contributed by atoms with Crippen LogP contribution in [0, 0.1) is 5.82 Å². The molecule has 0 fully saturated rings. The molecule has 94 valence electrons. The summed E-state index contributed by atoms with van der Waals surface area (Å²) in [5.74, 6) is -1.00. The quantitative estimate of drug-likeness (QED) is 0.740. The molecule has 0 atom stereocenters. The van der Waals surface area contributed by atoms with E-state index >= 15 is 0 Å². The van der Waals surface area contributed by atoms with Gasteiger partial charge in [0.2, 0.25) is 0 Å². The molecular weight excluding hydrogens is 247 g/mol. The summed E-state index contributed by atoms with van der Waals surface area (Å²) in [7, 11) is 0. The van der Waals surface area contributed by atoms with Crippen molar-refractivity contribution < 1.29 is 14.3 Å². The van der Waals surface area contributed by atoms with Crippen LogP contribution >= 0.6 is 0 Å². The number of benzene rings is 2. The molecule has 0 bridgehead atoms. The molecular formula is C14H9FN2O2. The monoisotopic (exact) mass is 256 g/mol. The van der Waals surface area contributed by atoms with E-state index in [9.17, 15) is 9.18 Å². The molecule has 19 heavy (non-hydrogen) atoms. The molecule has 1 heterocycles. The van der Waals surface area contributed by atoms with Gasteiger partial charge in [0.05, 0.1) is 22.2 Å². The number of aromatic carboxylic acids is 1. The van der Waals surface area contributed by atoms with Gasteiger partial charge in [-0.3, -0.25) is 0 Å². The first-order valence-electron chi connectivity index (χ1n) is 5.63. The third-order valence-corrected chi connectivity index (χ3v) is 2.86. The Morgan fingerprint density at radius 2 is 2.00 bits per heavy atom. The topological polar surface area (TPSA) is 66.0 Å². The van der Waals surface area contributed by atoms with Gasteiger partial charge in [-0.2, -0.15) is 0 Å². The number of hydrogen-bond acceptors (Lipinski definition) is 2. The molecule has 1 aromatic heterocycles. The molecule has 0 amide bonds. The standard InChI is InChI=1S/C14H9FN2O2/c15-10-4-2-1-3-9(10)13-16-11-6-5-8(14(18)19)7-12(11)17-13/h1-7H,(H,16,17)(H,18,19). The number of carbonyl (C=O) groups is 1. The van der Waals surface area contributed by atoms with Crippen molar-refractivity contribution in [1.82, 2.24) is 9.97 Å². The maximum absolute atomic E-state index is 13.7. The highest BCUT2D eigenvalue weighted by atomic mass is 19.1. The van der Waals surface area contributed by atoms with Crippen LogP contribution in [0.15, 0.2) is 42.5 Å². The number of aromatic amines is 1. The number of hydrogen-bond donors (Lipinski definition) is 2. The predicted molar refractivity (Wildman–Crippen MR) is 68.4 cm³/mol. The van der Waals surface area contributed by atoms with E-state index in [-0.39, 0.29) is 11.4 Å². The van der Waals surface area contributed by atoms with Crippen molar-refractivity contribution in [3.8, 4) is 11.4 Å². The second kappa shape index (κ2) is 4.20. The molecule has 0 unspecified atom stereocenters. The van der Waals surface area contributed by atoms with Crippen molar-refractivity contribution in [3.05, 3.63) is 53.8 Å². The summed E-state index contributed by atoms with van der Waals surface area (Å²) >= 11 is 0. The Morgan fingerprint density at radius 1 is 1.21 bits per heavy atom. The molecule has 0 radical (unpaired) electrons. The van der Waals surface area contributed by atoms with Crippen LogP contribution in [0.5, 0.6) is 0 Å². The first-order valence-corrected chi connectivity index (χ1v) is 5.63. The first-order chi connectivity index (χ1) is 9.15. The van der Waals surface area contributed by atoms with Gasteiger partial charge in [0.1, 0.15) is 11.6 Å². The van der Waals surface area contributed by atoms with Crippen LogP contribution in [0.25, 0.3) is 22.4 Å². The Labute approximate surface area is 107 Å². The van der Waals surface area contributed by atoms with E-state index in [1.54, 1.807) is 24.3 Å². The molecule has 5 heteroatoms. The van der Waals surface area contributed by atoms with Gasteiger partial charge in [0.15, 0.2) is 0 Å². The fourth-order valence-corrected chi connectivity index (χ4v) is 1.92. The average molecular weight is 256 g/mol. The van der Waals surface area contributed by atoms with Gasteiger partial charge in [0.25, 0.3) is 0 Å². The van der Waals surface area contributed by atoms with Gasteiger partial charge in [-0.25, -0.2) is 14.2 Å². The Bertz CT molecular complexity index is 780. The summed E-state index contributed by atoms with van der Waals surface area (Å²) in [6, 6.07) is 10.8. The van der Waals surface area contributed by atoms with Crippen LogP contribution in [0.4, 0.5) is 4.39 Å². The zero-order valence-electron chi connectivity index (χ0n) is 9.72. The molecule has 2 aromatic carbocycles. The lowest BCUT2D eigenvalue weighted by Gasteiger charge is -1.97. The molecule has 0 aliphatic carbocycles. The van der Waals surface area contributed by atoms with E-state index in [0.717, 1.165) is 0 Å². The molecule has 0 saturated carbocycles. The maximum Gasteiger partial charge on any atom is 0.335 e. The largest absolute Gasteiger partial charge is 0.478 e. The van der Waals surface area contributed by atoms with Crippen molar-refractivity contribution in [2.75, 3.05) is 0 Å². The zero-order chi connectivity index (χ0) is 13.4. The Hall–Kier alpha value is -2.69. The summed E-state index contributed by atoms with van der Waals surface area (Å²) in [5.41, 5.74) is 1.69. The van der Waals surface area contributed by atoms with E-state index in [1.165, 1.54) is 18.2 Å². The first kappa shape index (κ1) is 11.4. The van der Waals surface area contributed by atoms with Crippen molar-refractivity contribution in [3.63, 3.8) is 0 Å². The lowest BCUT2D eigenvalue weighted by Crippen LogP contribution is -1.94. The fraction of sp³-hybridized carbons (Fsp3) is 0. The minimum absolute atomic E-state index is 0.163. The summed E-state index contributed by atoms with van der Waals surface area (Å²) < 4.78 is 13.7. The van der Waals surface area contributed by atoms with E-state index < -0.39 is 5.97 Å². The van der Waals surface area contributed by atoms with Crippen molar-refractivity contribution >= 4 is 17.0 Å². The van der Waals surface area contributed by atoms with Crippen molar-refractivity contribution in [2.24, 2.45) is 0 Å². The Kier molecular flexibility index (Phi) is 2.52. The zero-order valence-corrected chi connectivity index (χ0v) is 9.72. The maximum atomic E-state index is 13.7. The highest BCUT2D eigenvalue weighted by molar-refractivity contribution is 5.93. The highest BCUT2D eigenvalue weighted by Crippen LogP contribution is 2.23. The van der Waals surface area contributed by atoms with Crippen LogP contribution in [-0.2, 0) is 0 Å². The SMILES string of the molecule is O=C(O)c1ccc2nc(-c3ccccc3F)[nH]c2c1. The van der Waals surface area contributed by atoms with E-state index in [2.05, 4.69) is 9.97 Å². The second-order valence-corrected chi connectivity index (χ2v) is 4.10. The minimum Gasteiger partial charge on any atom is -0.478 e. The van der Waals surface area contributed by atoms with Gasteiger partial charge in [-0.1, -0.05) is 12.1 Å². The van der Waals surface area contributed by atoms with Crippen LogP contribution in [0.3, 0.4) is 0 Å².